The van der Waals surface area contributed by atoms with Crippen LogP contribution in [-0.2, 0) is 0 Å². The first-order valence-corrected chi connectivity index (χ1v) is 12.8. The molecule has 3 heterocycles. The van der Waals surface area contributed by atoms with E-state index in [-0.39, 0.29) is 18.5 Å². The number of hydrogen-bond donors (Lipinski definition) is 2. The van der Waals surface area contributed by atoms with Gasteiger partial charge in [-0.25, -0.2) is 9.78 Å². The van der Waals surface area contributed by atoms with E-state index in [4.69, 9.17) is 27.9 Å². The minimum absolute atomic E-state index is 0.212. The van der Waals surface area contributed by atoms with Crippen molar-refractivity contribution in [3.63, 3.8) is 0 Å². The second kappa shape index (κ2) is 10.5. The number of nitrogens with zero attached hydrogens (tertiary/aromatic N) is 5. The Labute approximate surface area is 229 Å². The molecule has 1 aromatic heterocycles. The van der Waals surface area contributed by atoms with E-state index < -0.39 is 6.09 Å². The minimum Gasteiger partial charge on any atom is -0.496 e. The predicted molar refractivity (Wildman–Crippen MR) is 146 cm³/mol. The normalized spacial score (nSPS) is 15.9. The van der Waals surface area contributed by atoms with Gasteiger partial charge in [-0.05, 0) is 42.5 Å². The Balaban J connectivity index is 1.35. The zero-order valence-corrected chi connectivity index (χ0v) is 22.3. The van der Waals surface area contributed by atoms with Gasteiger partial charge in [-0.2, -0.15) is 4.98 Å². The van der Waals surface area contributed by atoms with Crippen LogP contribution in [0.2, 0.25) is 10.0 Å². The summed E-state index contributed by atoms with van der Waals surface area (Å²) in [6.45, 7) is 1.21. The third-order valence-electron chi connectivity index (χ3n) is 6.86. The number of benzene rings is 2. The minimum atomic E-state index is -0.882. The van der Waals surface area contributed by atoms with Crippen LogP contribution in [0.5, 0.6) is 5.75 Å². The smallest absolute Gasteiger partial charge is 0.407 e. The van der Waals surface area contributed by atoms with Crippen molar-refractivity contribution in [2.24, 2.45) is 0 Å². The molecule has 0 unspecified atom stereocenters. The van der Waals surface area contributed by atoms with Crippen molar-refractivity contribution in [2.45, 2.75) is 18.8 Å². The lowest BCUT2D eigenvalue weighted by atomic mass is 9.88. The van der Waals surface area contributed by atoms with Gasteiger partial charge in [-0.15, -0.1) is 0 Å². The number of para-hydroxylation sites is 1. The number of piperidine rings is 1. The fourth-order valence-corrected chi connectivity index (χ4v) is 5.52. The second-order valence-corrected chi connectivity index (χ2v) is 10.0. The molecule has 1 fully saturated rings. The zero-order valence-electron chi connectivity index (χ0n) is 20.8. The highest BCUT2D eigenvalue weighted by Crippen LogP contribution is 2.39. The number of carbonyl (C=O) groups is 2. The van der Waals surface area contributed by atoms with Crippen LogP contribution in [0.4, 0.5) is 27.9 Å². The maximum Gasteiger partial charge on any atom is 0.407 e. The Kier molecular flexibility index (Phi) is 7.18. The SMILES string of the molecule is COc1cc(Nc2ncc3c(n2)N(C)CN(c2c(Cl)cccc2Cl)C3=O)ccc1C1CCN(C(=O)O)CC1. The van der Waals surface area contributed by atoms with Gasteiger partial charge in [0.05, 0.1) is 29.5 Å². The molecule has 0 bridgehead atoms. The van der Waals surface area contributed by atoms with Crippen molar-refractivity contribution in [2.75, 3.05) is 49.0 Å². The van der Waals surface area contributed by atoms with E-state index in [9.17, 15) is 14.7 Å². The lowest BCUT2D eigenvalue weighted by molar-refractivity contribution is 0.0981. The summed E-state index contributed by atoms with van der Waals surface area (Å²) in [4.78, 5) is 38.3. The summed E-state index contributed by atoms with van der Waals surface area (Å²) in [6.07, 6.45) is 2.08. The number of ether oxygens (including phenoxy) is 1. The van der Waals surface area contributed by atoms with Crippen LogP contribution in [0.3, 0.4) is 0 Å². The number of rotatable bonds is 5. The molecule has 2 aliphatic rings. The van der Waals surface area contributed by atoms with Crippen molar-refractivity contribution in [1.82, 2.24) is 14.9 Å². The molecule has 3 aromatic rings. The molecule has 0 atom stereocenters. The third-order valence-corrected chi connectivity index (χ3v) is 7.47. The molecule has 2 aromatic carbocycles. The van der Waals surface area contributed by atoms with Crippen LogP contribution in [0.15, 0.2) is 42.6 Å². The first-order chi connectivity index (χ1) is 18.3. The summed E-state index contributed by atoms with van der Waals surface area (Å²) in [5.74, 6) is 1.45. The molecule has 10 nitrogen and oxygen atoms in total. The standard InChI is InChI=1S/C26H26Cl2N6O4/c1-32-14-34(22-19(27)4-3-5-20(22)28)24(35)18-13-29-25(31-23(18)32)30-16-6-7-17(21(12-16)38-2)15-8-10-33(11-9-15)26(36)37/h3-7,12-13,15H,8-11,14H2,1-2H3,(H,36,37)(H,29,30,31). The molecule has 198 valence electrons. The van der Waals surface area contributed by atoms with Crippen LogP contribution in [0.25, 0.3) is 0 Å². The summed E-state index contributed by atoms with van der Waals surface area (Å²) in [6, 6.07) is 10.9. The number of aromatic nitrogens is 2. The second-order valence-electron chi connectivity index (χ2n) is 9.20. The summed E-state index contributed by atoms with van der Waals surface area (Å²) in [5, 5.41) is 13.2. The van der Waals surface area contributed by atoms with Crippen LogP contribution < -0.4 is 19.9 Å². The first kappa shape index (κ1) is 25.9. The highest BCUT2D eigenvalue weighted by atomic mass is 35.5. The lowest BCUT2D eigenvalue weighted by Gasteiger charge is -2.35. The fourth-order valence-electron chi connectivity index (χ4n) is 4.92. The van der Waals surface area contributed by atoms with Crippen molar-refractivity contribution in [1.29, 1.82) is 0 Å². The summed E-state index contributed by atoms with van der Waals surface area (Å²) in [5.41, 5.74) is 2.54. The summed E-state index contributed by atoms with van der Waals surface area (Å²) >= 11 is 12.7. The van der Waals surface area contributed by atoms with E-state index in [2.05, 4.69) is 15.3 Å². The number of fused-ring (bicyclic) bond motifs is 1. The zero-order chi connectivity index (χ0) is 27.0. The number of methoxy groups -OCH3 is 1. The molecule has 0 spiro atoms. The molecule has 2 N–H and O–H groups in total. The number of hydrogen-bond acceptors (Lipinski definition) is 7. The van der Waals surface area contributed by atoms with Crippen molar-refractivity contribution < 1.29 is 19.4 Å². The molecule has 12 heteroatoms. The quantitative estimate of drug-likeness (QED) is 0.426. The van der Waals surface area contributed by atoms with Gasteiger partial charge in [0.2, 0.25) is 5.95 Å². The largest absolute Gasteiger partial charge is 0.496 e. The topological polar surface area (TPSA) is 111 Å². The Morgan fingerprint density at radius 1 is 1.16 bits per heavy atom. The van der Waals surface area contributed by atoms with Gasteiger partial charge in [0.15, 0.2) is 0 Å². The molecule has 38 heavy (non-hydrogen) atoms. The molecular formula is C26H26Cl2N6O4. The molecule has 0 aliphatic carbocycles. The van der Waals surface area contributed by atoms with E-state index in [1.165, 1.54) is 16.0 Å². The Morgan fingerprint density at radius 2 is 1.87 bits per heavy atom. The van der Waals surface area contributed by atoms with Gasteiger partial charge in [0.25, 0.3) is 5.91 Å². The average Bonchev–Trinajstić information content (AvgIpc) is 2.91. The number of likely N-dealkylation sites (tertiary alicyclic amines) is 1. The van der Waals surface area contributed by atoms with E-state index in [1.54, 1.807) is 25.3 Å². The molecular weight excluding hydrogens is 531 g/mol. The van der Waals surface area contributed by atoms with Crippen LogP contribution in [0.1, 0.15) is 34.7 Å². The first-order valence-electron chi connectivity index (χ1n) is 12.0. The van der Waals surface area contributed by atoms with Crippen LogP contribution in [-0.4, -0.2) is 65.9 Å². The monoisotopic (exact) mass is 556 g/mol. The molecule has 0 radical (unpaired) electrons. The number of carbonyl (C=O) groups excluding carboxylic acids is 1. The number of anilines is 4. The summed E-state index contributed by atoms with van der Waals surface area (Å²) < 4.78 is 5.66. The fraction of sp³-hybridized carbons (Fsp3) is 0.308. The van der Waals surface area contributed by atoms with E-state index in [1.807, 2.05) is 30.1 Å². The van der Waals surface area contributed by atoms with Crippen molar-refractivity contribution >= 4 is 58.3 Å². The Morgan fingerprint density at radius 3 is 2.53 bits per heavy atom. The number of halogens is 2. The van der Waals surface area contributed by atoms with Crippen molar-refractivity contribution in [3.05, 3.63) is 63.8 Å². The lowest BCUT2D eigenvalue weighted by Crippen LogP contribution is -2.46. The van der Waals surface area contributed by atoms with Gasteiger partial charge in [-0.1, -0.05) is 35.3 Å². The van der Waals surface area contributed by atoms with Gasteiger partial charge < -0.3 is 25.0 Å². The van der Waals surface area contributed by atoms with Gasteiger partial charge in [-0.3, -0.25) is 9.69 Å². The third kappa shape index (κ3) is 4.89. The maximum atomic E-state index is 13.3. The molecule has 0 saturated carbocycles. The van der Waals surface area contributed by atoms with Gasteiger partial charge >= 0.3 is 6.09 Å². The van der Waals surface area contributed by atoms with Gasteiger partial charge in [0, 0.05) is 38.1 Å². The summed E-state index contributed by atoms with van der Waals surface area (Å²) in [7, 11) is 3.44. The van der Waals surface area contributed by atoms with E-state index in [0.29, 0.717) is 51.9 Å². The predicted octanol–water partition coefficient (Wildman–Crippen LogP) is 5.45. The Bertz CT molecular complexity index is 1380. The molecule has 5 rings (SSSR count). The average molecular weight is 557 g/mol. The van der Waals surface area contributed by atoms with Gasteiger partial charge in [0.1, 0.15) is 17.1 Å². The van der Waals surface area contributed by atoms with E-state index >= 15 is 0 Å². The molecule has 2 aliphatic heterocycles. The molecule has 2 amide bonds. The number of carboxylic acid groups (broad SMARTS) is 1. The highest BCUT2D eigenvalue weighted by Gasteiger charge is 2.33. The maximum absolute atomic E-state index is 13.3. The van der Waals surface area contributed by atoms with Crippen LogP contribution in [0, 0.1) is 0 Å². The van der Waals surface area contributed by atoms with Crippen LogP contribution >= 0.6 is 23.2 Å². The molecule has 1 saturated heterocycles. The number of nitrogens with one attached hydrogen (secondary N) is 1. The number of amides is 2. The highest BCUT2D eigenvalue weighted by molar-refractivity contribution is 6.40. The Hall–Kier alpha value is -3.76. The van der Waals surface area contributed by atoms with E-state index in [0.717, 1.165) is 24.1 Å². The van der Waals surface area contributed by atoms with Crippen molar-refractivity contribution in [3.8, 4) is 5.75 Å².